The SMILES string of the molecule is N[C@H](CCCO)c1ccc(Br)cc1Cl. The molecule has 0 aromatic heterocycles. The van der Waals surface area contributed by atoms with Crippen LogP contribution in [0.15, 0.2) is 22.7 Å². The van der Waals surface area contributed by atoms with Gasteiger partial charge in [0.2, 0.25) is 0 Å². The third-order valence-electron chi connectivity index (χ3n) is 2.04. The van der Waals surface area contributed by atoms with Crippen LogP contribution < -0.4 is 5.73 Å². The second-order valence-electron chi connectivity index (χ2n) is 3.14. The highest BCUT2D eigenvalue weighted by molar-refractivity contribution is 9.10. The third-order valence-corrected chi connectivity index (χ3v) is 2.86. The lowest BCUT2D eigenvalue weighted by molar-refractivity contribution is 0.280. The summed E-state index contributed by atoms with van der Waals surface area (Å²) in [5, 5.41) is 9.35. The molecule has 0 unspecified atom stereocenters. The van der Waals surface area contributed by atoms with Gasteiger partial charge in [-0.1, -0.05) is 33.6 Å². The van der Waals surface area contributed by atoms with E-state index in [0.29, 0.717) is 11.4 Å². The van der Waals surface area contributed by atoms with E-state index in [1.165, 1.54) is 0 Å². The van der Waals surface area contributed by atoms with Crippen molar-refractivity contribution in [3.05, 3.63) is 33.3 Å². The monoisotopic (exact) mass is 277 g/mol. The molecule has 0 amide bonds. The predicted octanol–water partition coefficient (Wildman–Crippen LogP) is 2.87. The van der Waals surface area contributed by atoms with Gasteiger partial charge in [-0.25, -0.2) is 0 Å². The number of hydrogen-bond donors (Lipinski definition) is 2. The van der Waals surface area contributed by atoms with Crippen molar-refractivity contribution in [1.29, 1.82) is 0 Å². The maximum atomic E-state index is 8.68. The molecule has 0 fully saturated rings. The van der Waals surface area contributed by atoms with Crippen LogP contribution in [0.5, 0.6) is 0 Å². The molecular formula is C10H13BrClNO. The van der Waals surface area contributed by atoms with E-state index in [0.717, 1.165) is 16.5 Å². The second kappa shape index (κ2) is 5.71. The van der Waals surface area contributed by atoms with E-state index in [4.69, 9.17) is 22.4 Å². The molecule has 3 N–H and O–H groups in total. The van der Waals surface area contributed by atoms with Crippen molar-refractivity contribution in [2.24, 2.45) is 5.73 Å². The summed E-state index contributed by atoms with van der Waals surface area (Å²) in [6, 6.07) is 5.56. The normalized spacial score (nSPS) is 12.9. The lowest BCUT2D eigenvalue weighted by Crippen LogP contribution is -2.11. The van der Waals surface area contributed by atoms with Crippen molar-refractivity contribution in [3.63, 3.8) is 0 Å². The van der Waals surface area contributed by atoms with Gasteiger partial charge in [0.05, 0.1) is 0 Å². The van der Waals surface area contributed by atoms with Crippen LogP contribution in [0.1, 0.15) is 24.4 Å². The number of nitrogens with two attached hydrogens (primary N) is 1. The average Bonchev–Trinajstić information content (AvgIpc) is 2.14. The summed E-state index contributed by atoms with van der Waals surface area (Å²) in [6.45, 7) is 0.168. The number of hydrogen-bond acceptors (Lipinski definition) is 2. The van der Waals surface area contributed by atoms with Gasteiger partial charge in [-0.3, -0.25) is 0 Å². The number of halogens is 2. The summed E-state index contributed by atoms with van der Waals surface area (Å²) < 4.78 is 0.945. The molecule has 78 valence electrons. The number of rotatable bonds is 4. The fraction of sp³-hybridized carbons (Fsp3) is 0.400. The van der Waals surface area contributed by atoms with Gasteiger partial charge >= 0.3 is 0 Å². The third kappa shape index (κ3) is 3.24. The summed E-state index contributed by atoms with van der Waals surface area (Å²) in [4.78, 5) is 0. The number of aliphatic hydroxyl groups excluding tert-OH is 1. The molecule has 0 heterocycles. The number of benzene rings is 1. The van der Waals surface area contributed by atoms with Gasteiger partial charge in [0.25, 0.3) is 0 Å². The molecule has 1 aromatic carbocycles. The quantitative estimate of drug-likeness (QED) is 0.889. The molecule has 1 aromatic rings. The topological polar surface area (TPSA) is 46.2 Å². The van der Waals surface area contributed by atoms with E-state index in [1.807, 2.05) is 18.2 Å². The Morgan fingerprint density at radius 3 is 2.79 bits per heavy atom. The minimum absolute atomic E-state index is 0.0947. The fourth-order valence-corrected chi connectivity index (χ4v) is 2.08. The first-order chi connectivity index (χ1) is 6.65. The molecule has 1 rings (SSSR count). The van der Waals surface area contributed by atoms with E-state index < -0.39 is 0 Å². The minimum atomic E-state index is -0.0947. The standard InChI is InChI=1S/C10H13BrClNO/c11-7-3-4-8(9(12)6-7)10(13)2-1-5-14/h3-4,6,10,14H,1-2,5,13H2/t10-/m1/s1. The summed E-state index contributed by atoms with van der Waals surface area (Å²) in [7, 11) is 0. The van der Waals surface area contributed by atoms with E-state index in [9.17, 15) is 0 Å². The van der Waals surface area contributed by atoms with Crippen LogP contribution in [0.4, 0.5) is 0 Å². The molecule has 2 nitrogen and oxygen atoms in total. The summed E-state index contributed by atoms with van der Waals surface area (Å²) in [5.41, 5.74) is 6.85. The Labute approximate surface area is 97.2 Å². The molecular weight excluding hydrogens is 265 g/mol. The zero-order valence-corrected chi connectivity index (χ0v) is 10.1. The van der Waals surface area contributed by atoms with Crippen molar-refractivity contribution < 1.29 is 5.11 Å². The maximum Gasteiger partial charge on any atom is 0.0464 e. The van der Waals surface area contributed by atoms with Crippen LogP contribution in [-0.4, -0.2) is 11.7 Å². The lowest BCUT2D eigenvalue weighted by Gasteiger charge is -2.13. The predicted molar refractivity (Wildman–Crippen MR) is 62.4 cm³/mol. The Morgan fingerprint density at radius 2 is 2.21 bits per heavy atom. The van der Waals surface area contributed by atoms with Crippen LogP contribution in [-0.2, 0) is 0 Å². The average molecular weight is 279 g/mol. The first kappa shape index (κ1) is 12.0. The molecule has 0 saturated heterocycles. The van der Waals surface area contributed by atoms with E-state index in [1.54, 1.807) is 0 Å². The highest BCUT2D eigenvalue weighted by Crippen LogP contribution is 2.27. The summed E-state index contributed by atoms with van der Waals surface area (Å²) >= 11 is 9.36. The van der Waals surface area contributed by atoms with Gasteiger partial charge in [-0.2, -0.15) is 0 Å². The van der Waals surface area contributed by atoms with Crippen molar-refractivity contribution in [1.82, 2.24) is 0 Å². The Balaban J connectivity index is 2.74. The minimum Gasteiger partial charge on any atom is -0.396 e. The van der Waals surface area contributed by atoms with Gasteiger partial charge in [-0.05, 0) is 30.5 Å². The Morgan fingerprint density at radius 1 is 1.50 bits per heavy atom. The first-order valence-electron chi connectivity index (χ1n) is 4.46. The van der Waals surface area contributed by atoms with Crippen LogP contribution in [0.3, 0.4) is 0 Å². The molecule has 0 saturated carbocycles. The van der Waals surface area contributed by atoms with Crippen LogP contribution in [0, 0.1) is 0 Å². The Hall–Kier alpha value is -0.0900. The first-order valence-corrected chi connectivity index (χ1v) is 5.63. The summed E-state index contributed by atoms with van der Waals surface area (Å²) in [6.07, 6.45) is 1.45. The highest BCUT2D eigenvalue weighted by atomic mass is 79.9. The van der Waals surface area contributed by atoms with E-state index in [-0.39, 0.29) is 12.6 Å². The van der Waals surface area contributed by atoms with Gasteiger partial charge in [0.1, 0.15) is 0 Å². The molecule has 0 aliphatic heterocycles. The molecule has 4 heteroatoms. The Kier molecular flexibility index (Phi) is 4.89. The van der Waals surface area contributed by atoms with Crippen molar-refractivity contribution >= 4 is 27.5 Å². The lowest BCUT2D eigenvalue weighted by atomic mass is 10.0. The molecule has 0 bridgehead atoms. The van der Waals surface area contributed by atoms with E-state index in [2.05, 4.69) is 15.9 Å². The second-order valence-corrected chi connectivity index (χ2v) is 4.46. The van der Waals surface area contributed by atoms with Crippen LogP contribution >= 0.6 is 27.5 Å². The maximum absolute atomic E-state index is 8.68. The molecule has 0 spiro atoms. The summed E-state index contributed by atoms with van der Waals surface area (Å²) in [5.74, 6) is 0. The molecule has 1 atom stereocenters. The van der Waals surface area contributed by atoms with Gasteiger partial charge in [0.15, 0.2) is 0 Å². The fourth-order valence-electron chi connectivity index (χ4n) is 1.27. The van der Waals surface area contributed by atoms with E-state index >= 15 is 0 Å². The van der Waals surface area contributed by atoms with Crippen molar-refractivity contribution in [2.45, 2.75) is 18.9 Å². The molecule has 14 heavy (non-hydrogen) atoms. The van der Waals surface area contributed by atoms with Gasteiger partial charge in [-0.15, -0.1) is 0 Å². The number of aliphatic hydroxyl groups is 1. The van der Waals surface area contributed by atoms with Gasteiger partial charge < -0.3 is 10.8 Å². The van der Waals surface area contributed by atoms with Crippen molar-refractivity contribution in [2.75, 3.05) is 6.61 Å². The zero-order chi connectivity index (χ0) is 10.6. The molecule has 0 aliphatic carbocycles. The smallest absolute Gasteiger partial charge is 0.0464 e. The largest absolute Gasteiger partial charge is 0.396 e. The van der Waals surface area contributed by atoms with Crippen molar-refractivity contribution in [3.8, 4) is 0 Å². The Bertz CT molecular complexity index is 306. The molecule has 0 radical (unpaired) electrons. The van der Waals surface area contributed by atoms with Crippen LogP contribution in [0.2, 0.25) is 5.02 Å². The highest BCUT2D eigenvalue weighted by Gasteiger charge is 2.09. The zero-order valence-electron chi connectivity index (χ0n) is 7.71. The van der Waals surface area contributed by atoms with Crippen LogP contribution in [0.25, 0.3) is 0 Å². The van der Waals surface area contributed by atoms with Gasteiger partial charge in [0, 0.05) is 22.1 Å². The molecule has 0 aliphatic rings.